The summed E-state index contributed by atoms with van der Waals surface area (Å²) in [6, 6.07) is 16.7. The zero-order valence-corrected chi connectivity index (χ0v) is 12.9. The molecule has 3 rings (SSSR count). The van der Waals surface area contributed by atoms with Gasteiger partial charge in [0.15, 0.2) is 5.43 Å². The summed E-state index contributed by atoms with van der Waals surface area (Å²) < 4.78 is 0.911. The second kappa shape index (κ2) is 6.12. The molecular weight excluding hydrogens is 294 g/mol. The van der Waals surface area contributed by atoms with Gasteiger partial charge in [0.25, 0.3) is 0 Å². The second-order valence-electron chi connectivity index (χ2n) is 5.11. The van der Waals surface area contributed by atoms with Crippen LogP contribution in [0.3, 0.4) is 0 Å². The fourth-order valence-electron chi connectivity index (χ4n) is 2.31. The van der Waals surface area contributed by atoms with Gasteiger partial charge in [0.05, 0.1) is 6.42 Å². The van der Waals surface area contributed by atoms with E-state index in [4.69, 9.17) is 0 Å². The van der Waals surface area contributed by atoms with Crippen LogP contribution >= 0.6 is 11.3 Å². The number of hydrogen-bond donors (Lipinski definition) is 1. The van der Waals surface area contributed by atoms with Gasteiger partial charge in [-0.05, 0) is 36.8 Å². The van der Waals surface area contributed by atoms with Crippen molar-refractivity contribution in [2.75, 3.05) is 5.32 Å². The number of rotatable bonds is 3. The van der Waals surface area contributed by atoms with E-state index in [0.717, 1.165) is 20.8 Å². The van der Waals surface area contributed by atoms with Crippen molar-refractivity contribution >= 4 is 33.0 Å². The standard InChI is InChI=1S/C18H15NO2S/c1-12-6-2-4-8-15(12)19-18(21)11-13-10-16(20)14-7-3-5-9-17(14)22-13/h2-10H,11H2,1H3,(H,19,21). The van der Waals surface area contributed by atoms with Crippen LogP contribution in [0.4, 0.5) is 5.69 Å². The molecule has 0 saturated carbocycles. The van der Waals surface area contributed by atoms with Crippen molar-refractivity contribution in [1.82, 2.24) is 0 Å². The predicted molar refractivity (Wildman–Crippen MR) is 91.6 cm³/mol. The van der Waals surface area contributed by atoms with Crippen molar-refractivity contribution < 1.29 is 4.79 Å². The number of carbonyl (C=O) groups is 1. The summed E-state index contributed by atoms with van der Waals surface area (Å²) in [6.45, 7) is 1.95. The normalized spacial score (nSPS) is 10.6. The minimum Gasteiger partial charge on any atom is -0.326 e. The number of anilines is 1. The van der Waals surface area contributed by atoms with E-state index < -0.39 is 0 Å². The zero-order valence-electron chi connectivity index (χ0n) is 12.1. The van der Waals surface area contributed by atoms with Gasteiger partial charge in [-0.15, -0.1) is 11.3 Å². The molecule has 0 aliphatic rings. The molecule has 4 heteroatoms. The molecule has 0 bridgehead atoms. The molecule has 0 fully saturated rings. The summed E-state index contributed by atoms with van der Waals surface area (Å²) in [4.78, 5) is 25.0. The Hall–Kier alpha value is -2.46. The molecule has 0 atom stereocenters. The number of carbonyl (C=O) groups excluding carboxylic acids is 1. The van der Waals surface area contributed by atoms with Gasteiger partial charge in [-0.1, -0.05) is 30.3 Å². The summed E-state index contributed by atoms with van der Waals surface area (Å²) in [5, 5.41) is 3.60. The Kier molecular flexibility index (Phi) is 4.02. The van der Waals surface area contributed by atoms with Gasteiger partial charge in [-0.3, -0.25) is 9.59 Å². The summed E-state index contributed by atoms with van der Waals surface area (Å²) in [7, 11) is 0. The molecule has 1 N–H and O–H groups in total. The molecule has 1 aromatic heterocycles. The number of amides is 1. The number of nitrogens with one attached hydrogen (secondary N) is 1. The molecular formula is C18H15NO2S. The second-order valence-corrected chi connectivity index (χ2v) is 6.28. The Bertz CT molecular complexity index is 899. The van der Waals surface area contributed by atoms with Crippen molar-refractivity contribution in [2.45, 2.75) is 13.3 Å². The third kappa shape index (κ3) is 3.07. The van der Waals surface area contributed by atoms with E-state index >= 15 is 0 Å². The van der Waals surface area contributed by atoms with Crippen LogP contribution in [0.5, 0.6) is 0 Å². The van der Waals surface area contributed by atoms with Gasteiger partial charge in [-0.2, -0.15) is 0 Å². The quantitative estimate of drug-likeness (QED) is 0.801. The van der Waals surface area contributed by atoms with Crippen LogP contribution < -0.4 is 10.7 Å². The van der Waals surface area contributed by atoms with Crippen molar-refractivity contribution in [3.63, 3.8) is 0 Å². The summed E-state index contributed by atoms with van der Waals surface area (Å²) in [5.41, 5.74) is 1.79. The molecule has 0 saturated heterocycles. The van der Waals surface area contributed by atoms with E-state index in [-0.39, 0.29) is 17.8 Å². The fourth-order valence-corrected chi connectivity index (χ4v) is 3.38. The highest BCUT2D eigenvalue weighted by Crippen LogP contribution is 2.20. The Morgan fingerprint density at radius 1 is 1.09 bits per heavy atom. The van der Waals surface area contributed by atoms with Crippen LogP contribution in [-0.2, 0) is 11.2 Å². The molecule has 2 aromatic carbocycles. The lowest BCUT2D eigenvalue weighted by atomic mass is 10.2. The van der Waals surface area contributed by atoms with Crippen LogP contribution in [0.1, 0.15) is 10.4 Å². The van der Waals surface area contributed by atoms with Crippen LogP contribution in [0.15, 0.2) is 59.4 Å². The SMILES string of the molecule is Cc1ccccc1NC(=O)Cc1cc(=O)c2ccccc2s1. The van der Waals surface area contributed by atoms with Crippen molar-refractivity contribution in [1.29, 1.82) is 0 Å². The molecule has 0 aliphatic heterocycles. The Balaban J connectivity index is 1.83. The lowest BCUT2D eigenvalue weighted by Crippen LogP contribution is -2.15. The molecule has 0 radical (unpaired) electrons. The van der Waals surface area contributed by atoms with E-state index in [0.29, 0.717) is 5.39 Å². The molecule has 1 amide bonds. The van der Waals surface area contributed by atoms with E-state index in [1.54, 1.807) is 6.07 Å². The minimum absolute atomic E-state index is 0.0342. The highest BCUT2D eigenvalue weighted by atomic mass is 32.1. The highest BCUT2D eigenvalue weighted by Gasteiger charge is 2.09. The number of benzene rings is 2. The predicted octanol–water partition coefficient (Wildman–Crippen LogP) is 3.75. The first-order valence-corrected chi connectivity index (χ1v) is 7.82. The van der Waals surface area contributed by atoms with E-state index in [1.807, 2.05) is 55.5 Å². The summed E-state index contributed by atoms with van der Waals surface area (Å²) in [6.07, 6.45) is 0.207. The third-order valence-corrected chi connectivity index (χ3v) is 4.54. The smallest absolute Gasteiger partial charge is 0.229 e. The maximum absolute atomic E-state index is 12.2. The molecule has 3 aromatic rings. The van der Waals surface area contributed by atoms with Crippen LogP contribution in [0.25, 0.3) is 10.1 Å². The van der Waals surface area contributed by atoms with E-state index in [1.165, 1.54) is 11.3 Å². The van der Waals surface area contributed by atoms with Crippen molar-refractivity contribution in [2.24, 2.45) is 0 Å². The van der Waals surface area contributed by atoms with Crippen LogP contribution in [-0.4, -0.2) is 5.91 Å². The monoisotopic (exact) mass is 309 g/mol. The fraction of sp³-hybridized carbons (Fsp3) is 0.111. The molecule has 0 unspecified atom stereocenters. The first-order valence-electron chi connectivity index (χ1n) is 7.01. The number of hydrogen-bond acceptors (Lipinski definition) is 3. The van der Waals surface area contributed by atoms with Crippen LogP contribution in [0, 0.1) is 6.92 Å². The third-order valence-electron chi connectivity index (χ3n) is 3.44. The van der Waals surface area contributed by atoms with E-state index in [9.17, 15) is 9.59 Å². The molecule has 3 nitrogen and oxygen atoms in total. The zero-order chi connectivity index (χ0) is 15.5. The molecule has 1 heterocycles. The average molecular weight is 309 g/mol. The van der Waals surface area contributed by atoms with Gasteiger partial charge in [0.1, 0.15) is 0 Å². The maximum atomic E-state index is 12.2. The molecule has 0 spiro atoms. The van der Waals surface area contributed by atoms with Crippen molar-refractivity contribution in [3.05, 3.63) is 75.3 Å². The summed E-state index contributed by atoms with van der Waals surface area (Å²) >= 11 is 1.48. The first-order chi connectivity index (χ1) is 10.6. The van der Waals surface area contributed by atoms with Gasteiger partial charge in [-0.25, -0.2) is 0 Å². The minimum atomic E-state index is -0.111. The topological polar surface area (TPSA) is 46.2 Å². The Morgan fingerprint density at radius 2 is 1.82 bits per heavy atom. The largest absolute Gasteiger partial charge is 0.326 e. The average Bonchev–Trinajstić information content (AvgIpc) is 2.49. The van der Waals surface area contributed by atoms with Crippen LogP contribution in [0.2, 0.25) is 0 Å². The first kappa shape index (κ1) is 14.5. The number of aryl methyl sites for hydroxylation is 1. The lowest BCUT2D eigenvalue weighted by Gasteiger charge is -2.08. The molecule has 0 aliphatic carbocycles. The maximum Gasteiger partial charge on any atom is 0.229 e. The lowest BCUT2D eigenvalue weighted by molar-refractivity contribution is -0.115. The number of fused-ring (bicyclic) bond motifs is 1. The molecule has 110 valence electrons. The Morgan fingerprint density at radius 3 is 2.64 bits per heavy atom. The van der Waals surface area contributed by atoms with Crippen molar-refractivity contribution in [3.8, 4) is 0 Å². The van der Waals surface area contributed by atoms with E-state index in [2.05, 4.69) is 5.32 Å². The van der Waals surface area contributed by atoms with Gasteiger partial charge < -0.3 is 5.32 Å². The Labute approximate surface area is 132 Å². The summed E-state index contributed by atoms with van der Waals surface area (Å²) in [5.74, 6) is -0.111. The highest BCUT2D eigenvalue weighted by molar-refractivity contribution is 7.18. The van der Waals surface area contributed by atoms with Gasteiger partial charge in [0.2, 0.25) is 5.91 Å². The number of para-hydroxylation sites is 1. The molecule has 22 heavy (non-hydrogen) atoms. The van der Waals surface area contributed by atoms with Gasteiger partial charge >= 0.3 is 0 Å². The van der Waals surface area contributed by atoms with Gasteiger partial charge in [0, 0.05) is 20.7 Å².